The van der Waals surface area contributed by atoms with Gasteiger partial charge >= 0.3 is 0 Å². The molecule has 2 fully saturated rings. The van der Waals surface area contributed by atoms with Gasteiger partial charge in [-0.15, -0.1) is 22.7 Å². The minimum atomic E-state index is -0.0759. The summed E-state index contributed by atoms with van der Waals surface area (Å²) in [6, 6.07) is 8.40. The molecule has 0 saturated carbocycles. The second-order valence-electron chi connectivity index (χ2n) is 7.31. The summed E-state index contributed by atoms with van der Waals surface area (Å²) in [6.45, 7) is 5.48. The first-order valence-corrected chi connectivity index (χ1v) is 11.2. The van der Waals surface area contributed by atoms with E-state index in [9.17, 15) is 4.79 Å². The summed E-state index contributed by atoms with van der Waals surface area (Å²) in [5.74, 6) is 0.260. The Morgan fingerprint density at radius 1 is 1.08 bits per heavy atom. The normalized spacial score (nSPS) is 24.7. The van der Waals surface area contributed by atoms with Crippen LogP contribution in [0.1, 0.15) is 29.0 Å². The van der Waals surface area contributed by atoms with E-state index in [1.165, 1.54) is 4.88 Å². The predicted molar refractivity (Wildman–Crippen MR) is 107 cm³/mol. The van der Waals surface area contributed by atoms with Crippen molar-refractivity contribution in [3.05, 3.63) is 44.8 Å². The van der Waals surface area contributed by atoms with Crippen molar-refractivity contribution in [2.45, 2.75) is 37.8 Å². The first-order chi connectivity index (χ1) is 12.7. The number of morpholine rings is 1. The first kappa shape index (κ1) is 18.2. The molecule has 2 saturated heterocycles. The Bertz CT molecular complexity index is 701. The number of carbonyl (C=O) groups is 1. The Morgan fingerprint density at radius 3 is 2.65 bits per heavy atom. The molecular weight excluding hydrogens is 364 g/mol. The highest BCUT2D eigenvalue weighted by molar-refractivity contribution is 7.10. The van der Waals surface area contributed by atoms with Crippen LogP contribution in [-0.2, 0) is 22.5 Å². The second kappa shape index (κ2) is 8.21. The van der Waals surface area contributed by atoms with Crippen molar-refractivity contribution < 1.29 is 9.53 Å². The molecule has 0 radical (unpaired) electrons. The Morgan fingerprint density at radius 2 is 1.88 bits per heavy atom. The van der Waals surface area contributed by atoms with Gasteiger partial charge < -0.3 is 9.64 Å². The highest BCUT2D eigenvalue weighted by Crippen LogP contribution is 2.31. The Labute approximate surface area is 163 Å². The van der Waals surface area contributed by atoms with Crippen molar-refractivity contribution >= 4 is 28.6 Å². The third kappa shape index (κ3) is 4.36. The van der Waals surface area contributed by atoms with E-state index in [1.54, 1.807) is 11.3 Å². The molecule has 0 unspecified atom stereocenters. The number of nitrogens with zero attached hydrogens (tertiary/aromatic N) is 2. The lowest BCUT2D eigenvalue weighted by Crippen LogP contribution is -2.51. The molecule has 0 bridgehead atoms. The molecule has 2 aliphatic rings. The largest absolute Gasteiger partial charge is 0.372 e. The van der Waals surface area contributed by atoms with E-state index < -0.39 is 0 Å². The maximum atomic E-state index is 12.6. The van der Waals surface area contributed by atoms with E-state index in [0.29, 0.717) is 6.42 Å². The molecule has 26 heavy (non-hydrogen) atoms. The zero-order chi connectivity index (χ0) is 17.8. The van der Waals surface area contributed by atoms with Crippen molar-refractivity contribution in [2.24, 2.45) is 0 Å². The third-order valence-electron chi connectivity index (χ3n) is 5.44. The monoisotopic (exact) mass is 390 g/mol. The van der Waals surface area contributed by atoms with Crippen LogP contribution >= 0.6 is 22.7 Å². The van der Waals surface area contributed by atoms with E-state index in [4.69, 9.17) is 4.74 Å². The van der Waals surface area contributed by atoms with Crippen LogP contribution in [0.4, 0.5) is 0 Å². The molecule has 4 rings (SSSR count). The van der Waals surface area contributed by atoms with Gasteiger partial charge in [0.2, 0.25) is 5.91 Å². The quantitative estimate of drug-likeness (QED) is 0.799. The van der Waals surface area contributed by atoms with Crippen LogP contribution in [0.2, 0.25) is 0 Å². The van der Waals surface area contributed by atoms with Crippen LogP contribution in [0, 0.1) is 0 Å². The number of hydrogen-bond donors (Lipinski definition) is 0. The van der Waals surface area contributed by atoms with Gasteiger partial charge in [-0.3, -0.25) is 9.69 Å². The molecule has 1 amide bonds. The summed E-state index contributed by atoms with van der Waals surface area (Å²) in [5, 5.41) is 4.19. The van der Waals surface area contributed by atoms with E-state index in [1.807, 2.05) is 22.8 Å². The average Bonchev–Trinajstić information content (AvgIpc) is 3.29. The third-order valence-corrected chi connectivity index (χ3v) is 7.18. The predicted octanol–water partition coefficient (Wildman–Crippen LogP) is 3.64. The lowest BCUT2D eigenvalue weighted by atomic mass is 9.92. The van der Waals surface area contributed by atoms with E-state index in [2.05, 4.69) is 33.4 Å². The van der Waals surface area contributed by atoms with Crippen LogP contribution in [0.25, 0.3) is 0 Å². The molecular formula is C20H26N2O2S2. The zero-order valence-corrected chi connectivity index (χ0v) is 16.7. The number of hydrogen-bond acceptors (Lipinski definition) is 5. The molecule has 2 aromatic rings. The van der Waals surface area contributed by atoms with Crippen molar-refractivity contribution in [1.29, 1.82) is 0 Å². The number of thiophene rings is 2. The minimum Gasteiger partial charge on any atom is -0.372 e. The van der Waals surface area contributed by atoms with E-state index in [-0.39, 0.29) is 11.5 Å². The first-order valence-electron chi connectivity index (χ1n) is 9.41. The molecule has 0 aliphatic carbocycles. The maximum Gasteiger partial charge on any atom is 0.227 e. The molecule has 6 heteroatoms. The molecule has 4 nitrogen and oxygen atoms in total. The van der Waals surface area contributed by atoms with Gasteiger partial charge in [-0.05, 0) is 42.2 Å². The van der Waals surface area contributed by atoms with Gasteiger partial charge in [0, 0.05) is 42.5 Å². The number of likely N-dealkylation sites (tertiary alicyclic amines) is 1. The number of carbonyl (C=O) groups excluding carboxylic acids is 1. The average molecular weight is 391 g/mol. The molecule has 1 spiro atoms. The topological polar surface area (TPSA) is 32.8 Å². The summed E-state index contributed by atoms with van der Waals surface area (Å²) in [6.07, 6.45) is 3.57. The SMILES string of the molecule is O=C(Cc1cccs1)N1CCC[C@]2(CC1)CN(Cc1cccs1)CCO2. The van der Waals surface area contributed by atoms with E-state index >= 15 is 0 Å². The van der Waals surface area contributed by atoms with Crippen LogP contribution in [-0.4, -0.2) is 54.1 Å². The highest BCUT2D eigenvalue weighted by atomic mass is 32.1. The number of ether oxygens (including phenoxy) is 1. The fraction of sp³-hybridized carbons (Fsp3) is 0.550. The second-order valence-corrected chi connectivity index (χ2v) is 9.38. The van der Waals surface area contributed by atoms with Crippen LogP contribution in [0.15, 0.2) is 35.0 Å². The maximum absolute atomic E-state index is 12.6. The fourth-order valence-electron chi connectivity index (χ4n) is 4.07. The van der Waals surface area contributed by atoms with Gasteiger partial charge in [0.15, 0.2) is 0 Å². The summed E-state index contributed by atoms with van der Waals surface area (Å²) >= 11 is 3.49. The Balaban J connectivity index is 1.35. The van der Waals surface area contributed by atoms with Gasteiger partial charge in [-0.25, -0.2) is 0 Å². The lowest BCUT2D eigenvalue weighted by molar-refractivity contribution is -0.132. The lowest BCUT2D eigenvalue weighted by Gasteiger charge is -2.42. The van der Waals surface area contributed by atoms with Crippen LogP contribution < -0.4 is 0 Å². The fourth-order valence-corrected chi connectivity index (χ4v) is 5.52. The van der Waals surface area contributed by atoms with E-state index in [0.717, 1.165) is 63.5 Å². The van der Waals surface area contributed by atoms with Crippen molar-refractivity contribution in [2.75, 3.05) is 32.8 Å². The van der Waals surface area contributed by atoms with Gasteiger partial charge in [0.05, 0.1) is 18.6 Å². The van der Waals surface area contributed by atoms with Gasteiger partial charge in [0.1, 0.15) is 0 Å². The van der Waals surface area contributed by atoms with Crippen molar-refractivity contribution in [1.82, 2.24) is 9.80 Å². The van der Waals surface area contributed by atoms with Crippen molar-refractivity contribution in [3.8, 4) is 0 Å². The minimum absolute atomic E-state index is 0.0759. The Hall–Kier alpha value is -1.21. The van der Waals surface area contributed by atoms with Crippen LogP contribution in [0.3, 0.4) is 0 Å². The molecule has 1 atom stereocenters. The smallest absolute Gasteiger partial charge is 0.227 e. The molecule has 2 aliphatic heterocycles. The Kier molecular flexibility index (Phi) is 5.74. The summed E-state index contributed by atoms with van der Waals surface area (Å²) in [4.78, 5) is 19.8. The molecule has 0 N–H and O–H groups in total. The highest BCUT2D eigenvalue weighted by Gasteiger charge is 2.38. The standard InChI is InChI=1S/C20H26N2O2S2/c23-19(14-17-4-1-12-25-17)22-8-3-6-20(7-9-22)16-21(10-11-24-20)15-18-5-2-13-26-18/h1-2,4-5,12-13H,3,6-11,14-16H2/t20-/m0/s1. The summed E-state index contributed by atoms with van der Waals surface area (Å²) < 4.78 is 6.30. The summed E-state index contributed by atoms with van der Waals surface area (Å²) in [5.41, 5.74) is -0.0759. The van der Waals surface area contributed by atoms with Crippen LogP contribution in [0.5, 0.6) is 0 Å². The number of amides is 1. The van der Waals surface area contributed by atoms with Gasteiger partial charge in [-0.2, -0.15) is 0 Å². The molecule has 140 valence electrons. The molecule has 2 aromatic heterocycles. The molecule has 0 aromatic carbocycles. The van der Waals surface area contributed by atoms with Gasteiger partial charge in [0.25, 0.3) is 0 Å². The van der Waals surface area contributed by atoms with Crippen molar-refractivity contribution in [3.63, 3.8) is 0 Å². The number of rotatable bonds is 4. The zero-order valence-electron chi connectivity index (χ0n) is 15.1. The van der Waals surface area contributed by atoms with Gasteiger partial charge in [-0.1, -0.05) is 12.1 Å². The molecule has 4 heterocycles. The summed E-state index contributed by atoms with van der Waals surface area (Å²) in [7, 11) is 0.